The Labute approximate surface area is 352 Å². The van der Waals surface area contributed by atoms with Crippen molar-refractivity contribution in [2.75, 3.05) is 0 Å². The summed E-state index contributed by atoms with van der Waals surface area (Å²) in [6.45, 7) is 11.8. The van der Waals surface area contributed by atoms with Gasteiger partial charge in [0.25, 0.3) is 0 Å². The van der Waals surface area contributed by atoms with Crippen LogP contribution in [0.5, 0.6) is 0 Å². The molecule has 0 aromatic carbocycles. The predicted molar refractivity (Wildman–Crippen MR) is 194 cm³/mol. The Balaban J connectivity index is 0.00000480. The monoisotopic (exact) mass is 798 g/mol. The second kappa shape index (κ2) is 15.5. The Kier molecular flexibility index (Phi) is 12.0. The van der Waals surface area contributed by atoms with E-state index in [2.05, 4.69) is 0 Å². The molecule has 0 aromatic rings. The fourth-order valence-corrected chi connectivity index (χ4v) is 10.1. The van der Waals surface area contributed by atoms with Gasteiger partial charge in [-0.2, -0.15) is 0 Å². The zero-order valence-corrected chi connectivity index (χ0v) is 36.4. The van der Waals surface area contributed by atoms with Gasteiger partial charge in [0.05, 0.1) is 48.8 Å². The molecule has 17 atom stereocenters. The third-order valence-electron chi connectivity index (χ3n) is 14.3. The third-order valence-corrected chi connectivity index (χ3v) is 14.3. The Bertz CT molecular complexity index is 1450. The summed E-state index contributed by atoms with van der Waals surface area (Å²) >= 11 is 0. The van der Waals surface area contributed by atoms with Crippen molar-refractivity contribution in [1.29, 1.82) is 0 Å². The van der Waals surface area contributed by atoms with Crippen LogP contribution in [0.3, 0.4) is 0 Å². The summed E-state index contributed by atoms with van der Waals surface area (Å²) in [5.74, 6) is -6.02. The molecule has 56 heavy (non-hydrogen) atoms. The maximum absolute atomic E-state index is 14.6. The average molecular weight is 799 g/mol. The normalized spacial score (nSPS) is 52.3. The molecular weight excluding hydrogens is 738 g/mol. The molecule has 6 fully saturated rings. The summed E-state index contributed by atoms with van der Waals surface area (Å²) in [5, 5.41) is 23.3. The zero-order valence-electron chi connectivity index (χ0n) is 34.4. The van der Waals surface area contributed by atoms with Gasteiger partial charge in [-0.15, -0.1) is 0 Å². The first kappa shape index (κ1) is 43.2. The Morgan fingerprint density at radius 1 is 0.643 bits per heavy atom. The molecule has 6 saturated heterocycles. The summed E-state index contributed by atoms with van der Waals surface area (Å²) in [6.07, 6.45) is 2.49. The van der Waals surface area contributed by atoms with Gasteiger partial charge in [0.2, 0.25) is 0 Å². The molecule has 8 rings (SSSR count). The number of aliphatic hydroxyl groups is 2. The molecule has 7 unspecified atom stereocenters. The van der Waals surface area contributed by atoms with Crippen LogP contribution in [0.2, 0.25) is 0 Å². The van der Waals surface area contributed by atoms with Gasteiger partial charge >= 0.3 is 48.5 Å². The van der Waals surface area contributed by atoms with Crippen LogP contribution in [0.1, 0.15) is 107 Å². The minimum Gasteiger partial charge on any atom is -0.504 e. The smallest absolute Gasteiger partial charge is 0.504 e. The molecule has 16 heteroatoms. The van der Waals surface area contributed by atoms with E-state index in [1.807, 2.05) is 79.7 Å². The number of carbonyl (C=O) groups is 2. The van der Waals surface area contributed by atoms with Crippen molar-refractivity contribution in [2.24, 2.45) is 22.7 Å². The SMILES string of the molecule is C[C@@H]1CC[C@@H]2OC13O[B-]14OC3C(=O)OC3CC(/C=C/C[C@H](O)C(C)(C)[C@@H]5CC[C@@H](C)C(O5)(O1)C(O4)C(=O)O[C@H]1C[C@@H](/C=C/C[C@@H](O)C2(C)C)O[C@@H]1C)O[C@@H]3C.[Na+]. The van der Waals surface area contributed by atoms with Crippen molar-refractivity contribution in [3.05, 3.63) is 24.3 Å². The summed E-state index contributed by atoms with van der Waals surface area (Å²) in [6, 6.07) is 0. The molecule has 8 heterocycles. The van der Waals surface area contributed by atoms with Gasteiger partial charge in [-0.25, -0.2) is 9.59 Å². The van der Waals surface area contributed by atoms with E-state index in [1.54, 1.807) is 0 Å². The molecule has 0 radical (unpaired) electrons. The van der Waals surface area contributed by atoms with E-state index in [0.29, 0.717) is 51.4 Å². The molecule has 2 N–H and O–H groups in total. The first-order valence-corrected chi connectivity index (χ1v) is 20.5. The molecular formula is C40H60BNaO14. The number of esters is 2. The zero-order chi connectivity index (χ0) is 39.3. The van der Waals surface area contributed by atoms with Crippen LogP contribution >= 0.6 is 0 Å². The van der Waals surface area contributed by atoms with Crippen molar-refractivity contribution in [2.45, 2.75) is 192 Å². The van der Waals surface area contributed by atoms with E-state index < -0.39 is 114 Å². The van der Waals surface area contributed by atoms with Crippen LogP contribution in [-0.4, -0.2) is 114 Å². The molecule has 0 amide bonds. The topological polar surface area (TPSA) is 167 Å². The summed E-state index contributed by atoms with van der Waals surface area (Å²) < 4.78 is 65.8. The second-order valence-electron chi connectivity index (χ2n) is 18.6. The predicted octanol–water partition coefficient (Wildman–Crippen LogP) is 1.15. The second-order valence-corrected chi connectivity index (χ2v) is 18.6. The summed E-state index contributed by atoms with van der Waals surface area (Å²) in [4.78, 5) is 29.2. The molecule has 8 aliphatic rings. The van der Waals surface area contributed by atoms with Gasteiger partial charge in [0.15, 0.2) is 23.8 Å². The van der Waals surface area contributed by atoms with Crippen LogP contribution in [0.25, 0.3) is 0 Å². The van der Waals surface area contributed by atoms with E-state index >= 15 is 0 Å². The first-order chi connectivity index (χ1) is 25.9. The van der Waals surface area contributed by atoms with Gasteiger partial charge in [-0.3, -0.25) is 0 Å². The fraction of sp³-hybridized carbons (Fsp3) is 0.850. The number of carbonyl (C=O) groups excluding carboxylic acids is 2. The standard InChI is InChI=1S/C40H60BO14.Na/c1-21-15-17-31-37(5,6)29(42)13-9-11-26-20-28(24(4)47-26)49-36(45)34-40-22(2)16-18-32(51-40)38(7,8)30(43)14-10-12-25-19-27(23(3)46-25)48-35(44)33-39(21,50-31)54-41(52-33,53-34)55-40;/h9-12,21-34,42-43H,13-20H2,1-8H3;/q-1;+1/b11-9+,12-10+;/t21-,22-,23-,24-,25-,26?,27+,28?,29+,30-,31+,32+,33?,34?,39?,40?,41?;/m1./s1. The number of rotatable bonds is 0. The van der Waals surface area contributed by atoms with Gasteiger partial charge in [0.1, 0.15) is 12.2 Å². The average Bonchev–Trinajstić information content (AvgIpc) is 3.84. The maximum atomic E-state index is 14.6. The van der Waals surface area contributed by atoms with Crippen LogP contribution in [0.15, 0.2) is 24.3 Å². The molecule has 0 aliphatic carbocycles. The van der Waals surface area contributed by atoms with Crippen molar-refractivity contribution >= 4 is 18.9 Å². The summed E-state index contributed by atoms with van der Waals surface area (Å²) in [7, 11) is 0. The molecule has 308 valence electrons. The van der Waals surface area contributed by atoms with Crippen LogP contribution in [-0.2, 0) is 56.6 Å². The number of hydrogen-bond acceptors (Lipinski definition) is 14. The molecule has 11 bridgehead atoms. The van der Waals surface area contributed by atoms with E-state index in [1.165, 1.54) is 0 Å². The van der Waals surface area contributed by atoms with Crippen molar-refractivity contribution in [1.82, 2.24) is 0 Å². The summed E-state index contributed by atoms with van der Waals surface area (Å²) in [5.41, 5.74) is -1.64. The van der Waals surface area contributed by atoms with Crippen molar-refractivity contribution < 1.29 is 96.4 Å². The van der Waals surface area contributed by atoms with Gasteiger partial charge in [-0.1, -0.05) is 65.8 Å². The Hall–Kier alpha value is -0.915. The van der Waals surface area contributed by atoms with Crippen molar-refractivity contribution in [3.63, 3.8) is 0 Å². The van der Waals surface area contributed by atoms with E-state index in [9.17, 15) is 19.8 Å². The molecule has 14 nitrogen and oxygen atoms in total. The maximum Gasteiger partial charge on any atom is 1.00 e. The molecule has 8 aliphatic heterocycles. The van der Waals surface area contributed by atoms with E-state index in [-0.39, 0.29) is 41.8 Å². The van der Waals surface area contributed by atoms with Crippen LogP contribution in [0.4, 0.5) is 0 Å². The van der Waals surface area contributed by atoms with Crippen molar-refractivity contribution in [3.8, 4) is 0 Å². The number of ether oxygens (including phenoxy) is 6. The van der Waals surface area contributed by atoms with Gasteiger partial charge < -0.3 is 57.3 Å². The molecule has 0 aromatic heterocycles. The van der Waals surface area contributed by atoms with Crippen LogP contribution < -0.4 is 29.6 Å². The number of hydrogen-bond donors (Lipinski definition) is 2. The quantitative estimate of drug-likeness (QED) is 0.204. The minimum absolute atomic E-state index is 0. The minimum atomic E-state index is -3.42. The fourth-order valence-electron chi connectivity index (χ4n) is 10.1. The molecule has 0 saturated carbocycles. The van der Waals surface area contributed by atoms with E-state index in [0.717, 1.165) is 0 Å². The molecule has 3 spiro atoms. The largest absolute Gasteiger partial charge is 1.00 e. The Morgan fingerprint density at radius 3 is 1.43 bits per heavy atom. The third kappa shape index (κ3) is 7.23. The number of fused-ring (bicyclic) bond motifs is 8. The van der Waals surface area contributed by atoms with Crippen LogP contribution in [0, 0.1) is 22.7 Å². The first-order valence-electron chi connectivity index (χ1n) is 20.5. The van der Waals surface area contributed by atoms with Gasteiger partial charge in [0, 0.05) is 35.5 Å². The Morgan fingerprint density at radius 2 is 1.04 bits per heavy atom. The van der Waals surface area contributed by atoms with Gasteiger partial charge in [-0.05, 0) is 52.4 Å². The van der Waals surface area contributed by atoms with E-state index in [4.69, 9.17) is 47.0 Å². The number of aliphatic hydroxyl groups excluding tert-OH is 2.